The van der Waals surface area contributed by atoms with Crippen molar-refractivity contribution in [3.05, 3.63) is 28.9 Å². The van der Waals surface area contributed by atoms with Gasteiger partial charge in [-0.25, -0.2) is 0 Å². The van der Waals surface area contributed by atoms with E-state index in [0.717, 1.165) is 0 Å². The molecule has 1 aromatic heterocycles. The smallest absolute Gasteiger partial charge is 0.221 e. The van der Waals surface area contributed by atoms with Crippen LogP contribution in [0.5, 0.6) is 0 Å². The van der Waals surface area contributed by atoms with Gasteiger partial charge in [0.25, 0.3) is 0 Å². The van der Waals surface area contributed by atoms with Crippen LogP contribution in [0.1, 0.15) is 0 Å². The molecular formula is C4H4N2O. The van der Waals surface area contributed by atoms with Gasteiger partial charge in [0.05, 0.1) is 0 Å². The number of hydrogen-bond donors (Lipinski definition) is 1. The molecule has 0 saturated heterocycles. The van der Waals surface area contributed by atoms with Crippen LogP contribution in [0.3, 0.4) is 0 Å². The molecule has 0 saturated carbocycles. The Labute approximate surface area is 40.0 Å². The Balaban J connectivity index is 3.28. The predicted molar refractivity (Wildman–Crippen MR) is 22.5 cm³/mol. The molecule has 0 bridgehead atoms. The zero-order valence-corrected chi connectivity index (χ0v) is 3.56. The van der Waals surface area contributed by atoms with Crippen molar-refractivity contribution in [2.45, 2.75) is 0 Å². The minimum atomic E-state index is -0.140. The lowest BCUT2D eigenvalue weighted by molar-refractivity contribution is -0.388. The van der Waals surface area contributed by atoms with Gasteiger partial charge in [0.15, 0.2) is 0 Å². The number of nitrogens with one attached hydrogen (secondary N) is 2. The van der Waals surface area contributed by atoms with Crippen LogP contribution >= 0.6 is 0 Å². The van der Waals surface area contributed by atoms with Gasteiger partial charge in [-0.3, -0.25) is 0 Å². The molecule has 1 heterocycles. The standard InChI is InChI=1S/C4H4N2O/c7-4-1-2-5-3-6-4/h1-2,5H,(H,6,7). The van der Waals surface area contributed by atoms with E-state index in [2.05, 4.69) is 16.3 Å². The van der Waals surface area contributed by atoms with Crippen LogP contribution in [-0.2, 0) is 0 Å². The van der Waals surface area contributed by atoms with E-state index in [1.807, 2.05) is 0 Å². The van der Waals surface area contributed by atoms with Crippen molar-refractivity contribution in [3.63, 3.8) is 0 Å². The van der Waals surface area contributed by atoms with Gasteiger partial charge >= 0.3 is 0 Å². The second-order valence-electron chi connectivity index (χ2n) is 1.09. The quantitative estimate of drug-likeness (QED) is 0.413. The van der Waals surface area contributed by atoms with Gasteiger partial charge in [0.1, 0.15) is 0 Å². The van der Waals surface area contributed by atoms with E-state index in [4.69, 9.17) is 0 Å². The molecule has 0 aliphatic heterocycles. The Morgan fingerprint density at radius 1 is 1.86 bits per heavy atom. The largest absolute Gasteiger partial charge is 0.357 e. The molecule has 0 aliphatic rings. The van der Waals surface area contributed by atoms with Gasteiger partial charge in [-0.2, -0.15) is 0 Å². The highest BCUT2D eigenvalue weighted by atomic mass is 16.1. The van der Waals surface area contributed by atoms with Gasteiger partial charge < -0.3 is 14.8 Å². The van der Waals surface area contributed by atoms with Crippen molar-refractivity contribution >= 4 is 0 Å². The van der Waals surface area contributed by atoms with Gasteiger partial charge in [-0.05, 0) is 12.3 Å². The Bertz CT molecular complexity index is 175. The molecule has 3 heteroatoms. The molecule has 1 rings (SSSR count). The van der Waals surface area contributed by atoms with Crippen molar-refractivity contribution in [2.75, 3.05) is 0 Å². The van der Waals surface area contributed by atoms with E-state index in [9.17, 15) is 4.79 Å². The van der Waals surface area contributed by atoms with Crippen molar-refractivity contribution in [1.82, 2.24) is 4.98 Å². The normalized spacial score (nSPS) is 8.57. The lowest BCUT2D eigenvalue weighted by Gasteiger charge is -1.75. The maximum absolute atomic E-state index is 10.2. The van der Waals surface area contributed by atoms with E-state index in [-0.39, 0.29) is 5.56 Å². The molecule has 7 heavy (non-hydrogen) atoms. The van der Waals surface area contributed by atoms with Crippen LogP contribution in [0.4, 0.5) is 0 Å². The third-order valence-corrected chi connectivity index (χ3v) is 0.576. The summed E-state index contributed by atoms with van der Waals surface area (Å²) in [4.78, 5) is 15.0. The molecule has 0 aromatic carbocycles. The fourth-order valence-corrected chi connectivity index (χ4v) is 0.298. The number of rotatable bonds is 0. The fraction of sp³-hybridized carbons (Fsp3) is 0. The first-order valence-corrected chi connectivity index (χ1v) is 1.86. The Morgan fingerprint density at radius 3 is 3.00 bits per heavy atom. The number of hydrogen-bond acceptors (Lipinski definition) is 1. The van der Waals surface area contributed by atoms with Gasteiger partial charge in [-0.15, -0.1) is 0 Å². The highest BCUT2D eigenvalue weighted by molar-refractivity contribution is 4.70. The summed E-state index contributed by atoms with van der Waals surface area (Å²) < 4.78 is 0. The SMILES string of the molecule is O=c1cc[nH+][c-][nH]1. The maximum Gasteiger partial charge on any atom is 0.221 e. The molecule has 0 unspecified atom stereocenters. The third kappa shape index (κ3) is 0.855. The molecule has 0 aliphatic carbocycles. The first-order chi connectivity index (χ1) is 3.39. The first kappa shape index (κ1) is 4.05. The van der Waals surface area contributed by atoms with Crippen LogP contribution in [0.15, 0.2) is 17.1 Å². The van der Waals surface area contributed by atoms with E-state index < -0.39 is 0 Å². The highest BCUT2D eigenvalue weighted by Crippen LogP contribution is 1.48. The van der Waals surface area contributed by atoms with Crippen LogP contribution in [0.2, 0.25) is 0 Å². The fourth-order valence-electron chi connectivity index (χ4n) is 0.298. The molecule has 0 spiro atoms. The molecule has 1 aromatic rings. The van der Waals surface area contributed by atoms with Crippen LogP contribution in [0, 0.1) is 6.33 Å². The summed E-state index contributed by atoms with van der Waals surface area (Å²) in [7, 11) is 0. The molecule has 36 valence electrons. The summed E-state index contributed by atoms with van der Waals surface area (Å²) in [5.74, 6) is 0. The number of aromatic amines is 2. The summed E-state index contributed by atoms with van der Waals surface area (Å²) in [6.07, 6.45) is 3.91. The maximum atomic E-state index is 10.2. The zero-order valence-electron chi connectivity index (χ0n) is 3.56. The third-order valence-electron chi connectivity index (χ3n) is 0.576. The van der Waals surface area contributed by atoms with E-state index in [0.29, 0.717) is 0 Å². The van der Waals surface area contributed by atoms with Gasteiger partial charge in [-0.1, -0.05) is 0 Å². The van der Waals surface area contributed by atoms with Crippen LogP contribution < -0.4 is 10.5 Å². The Morgan fingerprint density at radius 2 is 2.71 bits per heavy atom. The summed E-state index contributed by atoms with van der Waals surface area (Å²) >= 11 is 0. The van der Waals surface area contributed by atoms with Crippen LogP contribution in [-0.4, -0.2) is 4.98 Å². The summed E-state index contributed by atoms with van der Waals surface area (Å²) in [6.45, 7) is 0. The Hall–Kier alpha value is -1.12. The van der Waals surface area contributed by atoms with Crippen molar-refractivity contribution in [1.29, 1.82) is 0 Å². The highest BCUT2D eigenvalue weighted by Gasteiger charge is 1.67. The van der Waals surface area contributed by atoms with Crippen LogP contribution in [0.25, 0.3) is 0 Å². The monoisotopic (exact) mass is 96.0 g/mol. The first-order valence-electron chi connectivity index (χ1n) is 1.86. The van der Waals surface area contributed by atoms with Crippen molar-refractivity contribution in [2.24, 2.45) is 0 Å². The Kier molecular flexibility index (Phi) is 0.898. The topological polar surface area (TPSA) is 47.0 Å². The molecule has 0 fully saturated rings. The summed E-state index contributed by atoms with van der Waals surface area (Å²) in [5.41, 5.74) is -0.140. The minimum absolute atomic E-state index is 0.140. The van der Waals surface area contributed by atoms with Gasteiger partial charge in [0.2, 0.25) is 11.9 Å². The lowest BCUT2D eigenvalue weighted by Crippen LogP contribution is -2.11. The molecule has 0 amide bonds. The van der Waals surface area contributed by atoms with Crippen molar-refractivity contribution < 1.29 is 4.98 Å². The van der Waals surface area contributed by atoms with Gasteiger partial charge in [0, 0.05) is 0 Å². The van der Waals surface area contributed by atoms with E-state index in [1.54, 1.807) is 0 Å². The summed E-state index contributed by atoms with van der Waals surface area (Å²) in [6, 6.07) is 1.39. The zero-order chi connectivity index (χ0) is 5.11. The summed E-state index contributed by atoms with van der Waals surface area (Å²) in [5, 5.41) is 0. The van der Waals surface area contributed by atoms with E-state index in [1.165, 1.54) is 12.3 Å². The molecular weight excluding hydrogens is 92.1 g/mol. The molecule has 2 N–H and O–H groups in total. The molecule has 3 nitrogen and oxygen atoms in total. The predicted octanol–water partition coefficient (Wildman–Crippen LogP) is -1.01. The number of H-pyrrole nitrogens is 2. The van der Waals surface area contributed by atoms with Crippen molar-refractivity contribution in [3.8, 4) is 0 Å². The lowest BCUT2D eigenvalue weighted by atomic mass is 10.7. The average molecular weight is 96.1 g/mol. The number of aromatic nitrogens is 2. The molecule has 0 radical (unpaired) electrons. The second-order valence-corrected chi connectivity index (χ2v) is 1.09. The van der Waals surface area contributed by atoms with E-state index >= 15 is 0 Å². The average Bonchev–Trinajstić information content (AvgIpc) is 1.69. The minimum Gasteiger partial charge on any atom is -0.357 e. The molecule has 0 atom stereocenters. The second kappa shape index (κ2) is 1.55.